The summed E-state index contributed by atoms with van der Waals surface area (Å²) in [4.78, 5) is 10.6. The van der Waals surface area contributed by atoms with Gasteiger partial charge in [-0.2, -0.15) is 5.10 Å². The van der Waals surface area contributed by atoms with E-state index in [1.807, 2.05) is 12.1 Å². The average molecular weight is 428 g/mol. The first-order valence-corrected chi connectivity index (χ1v) is 9.15. The summed E-state index contributed by atoms with van der Waals surface area (Å²) in [6.07, 6.45) is 1.35. The molecule has 1 aromatic rings. The Morgan fingerprint density at radius 3 is 2.58 bits per heavy atom. The summed E-state index contributed by atoms with van der Waals surface area (Å²) >= 11 is 6.01. The molecule has 0 bridgehead atoms. The van der Waals surface area contributed by atoms with Gasteiger partial charge in [-0.05, 0) is 56.1 Å². The van der Waals surface area contributed by atoms with Gasteiger partial charge in [0.2, 0.25) is 0 Å². The quantitative estimate of drug-likeness (QED) is 0.312. The fourth-order valence-corrected chi connectivity index (χ4v) is 2.04. The van der Waals surface area contributed by atoms with Crippen molar-refractivity contribution in [3.8, 4) is 5.75 Å². The van der Waals surface area contributed by atoms with Crippen molar-refractivity contribution in [1.29, 1.82) is 0 Å². The van der Waals surface area contributed by atoms with Crippen molar-refractivity contribution in [3.05, 3.63) is 33.2 Å². The van der Waals surface area contributed by atoms with E-state index in [0.717, 1.165) is 11.4 Å². The molecule has 5 nitrogen and oxygen atoms in total. The molecule has 2 atom stereocenters. The van der Waals surface area contributed by atoms with Gasteiger partial charge in [0.15, 0.2) is 0 Å². The SMILES string of the molecule is O=C(O)/C(Br)=C(Br)\C=N\Nc1ccc(OPP)cc1. The number of nitrogens with one attached hydrogen (secondary N) is 1. The highest BCUT2D eigenvalue weighted by molar-refractivity contribution is 9.14. The van der Waals surface area contributed by atoms with E-state index < -0.39 is 5.97 Å². The smallest absolute Gasteiger partial charge is 0.344 e. The number of anilines is 1. The van der Waals surface area contributed by atoms with Crippen LogP contribution in [0.25, 0.3) is 0 Å². The van der Waals surface area contributed by atoms with Crippen LogP contribution in [0.4, 0.5) is 5.69 Å². The van der Waals surface area contributed by atoms with Gasteiger partial charge >= 0.3 is 5.97 Å². The molecule has 0 amide bonds. The number of allylic oxidation sites excluding steroid dienone is 1. The lowest BCUT2D eigenvalue weighted by Crippen LogP contribution is -1.97. The molecule has 2 N–H and O–H groups in total. The Hall–Kier alpha value is -0.480. The molecular formula is C10H10Br2N2O3P2. The van der Waals surface area contributed by atoms with E-state index in [9.17, 15) is 4.79 Å². The summed E-state index contributed by atoms with van der Waals surface area (Å²) < 4.78 is 5.63. The molecule has 9 heteroatoms. The van der Waals surface area contributed by atoms with Gasteiger partial charge in [0, 0.05) is 0 Å². The van der Waals surface area contributed by atoms with E-state index in [1.54, 1.807) is 12.1 Å². The molecule has 0 aliphatic rings. The molecule has 0 aromatic heterocycles. The van der Waals surface area contributed by atoms with Crippen LogP contribution >= 0.6 is 49.3 Å². The molecule has 0 radical (unpaired) electrons. The molecule has 1 aromatic carbocycles. The van der Waals surface area contributed by atoms with Crippen molar-refractivity contribution in [2.45, 2.75) is 0 Å². The molecule has 0 saturated heterocycles. The second-order valence-electron chi connectivity index (χ2n) is 3.08. The van der Waals surface area contributed by atoms with E-state index in [0.29, 0.717) is 13.0 Å². The first-order valence-electron chi connectivity index (χ1n) is 4.84. The van der Waals surface area contributed by atoms with Crippen LogP contribution in [0.1, 0.15) is 0 Å². The lowest BCUT2D eigenvalue weighted by Gasteiger charge is -2.03. The van der Waals surface area contributed by atoms with E-state index in [4.69, 9.17) is 9.63 Å². The zero-order valence-electron chi connectivity index (χ0n) is 9.43. The highest BCUT2D eigenvalue weighted by Crippen LogP contribution is 2.27. The highest BCUT2D eigenvalue weighted by atomic mass is 79.9. The van der Waals surface area contributed by atoms with Crippen LogP contribution in [-0.4, -0.2) is 17.3 Å². The van der Waals surface area contributed by atoms with E-state index in [-0.39, 0.29) is 4.48 Å². The van der Waals surface area contributed by atoms with Crippen LogP contribution in [0.2, 0.25) is 0 Å². The first kappa shape index (κ1) is 16.6. The van der Waals surface area contributed by atoms with Gasteiger partial charge < -0.3 is 9.63 Å². The number of carbonyl (C=O) groups is 1. The summed E-state index contributed by atoms with van der Waals surface area (Å²) in [5.41, 5.74) is 3.54. The van der Waals surface area contributed by atoms with Crippen molar-refractivity contribution in [3.63, 3.8) is 0 Å². The highest BCUT2D eigenvalue weighted by Gasteiger charge is 2.06. The molecule has 0 saturated carbocycles. The van der Waals surface area contributed by atoms with Crippen LogP contribution in [0, 0.1) is 0 Å². The number of halogens is 2. The second-order valence-corrected chi connectivity index (χ2v) is 5.88. The standard InChI is InChI=1S/C10H10Br2N2O3P2/c11-8(9(12)10(15)16)5-13-14-6-1-3-7(4-2-6)17-19-18/h1-5,14,19H,18H2,(H,15,16)/b9-8-,13-5+. The Kier molecular flexibility index (Phi) is 7.54. The van der Waals surface area contributed by atoms with Gasteiger partial charge in [-0.1, -0.05) is 8.93 Å². The van der Waals surface area contributed by atoms with E-state index >= 15 is 0 Å². The Labute approximate surface area is 131 Å². The maximum Gasteiger partial charge on any atom is 0.344 e. The Balaban J connectivity index is 2.62. The Bertz CT molecular complexity index is 506. The number of carboxylic acids is 1. The van der Waals surface area contributed by atoms with Crippen molar-refractivity contribution in [2.24, 2.45) is 5.10 Å². The topological polar surface area (TPSA) is 70.9 Å². The van der Waals surface area contributed by atoms with Crippen molar-refractivity contribution in [2.75, 3.05) is 5.43 Å². The Morgan fingerprint density at radius 2 is 2.05 bits per heavy atom. The maximum absolute atomic E-state index is 10.6. The first-order chi connectivity index (χ1) is 9.04. The summed E-state index contributed by atoms with van der Waals surface area (Å²) in [6, 6.07) is 7.24. The zero-order valence-corrected chi connectivity index (χ0v) is 14.8. The fraction of sp³-hybridized carbons (Fsp3) is 0. The molecule has 19 heavy (non-hydrogen) atoms. The monoisotopic (exact) mass is 426 g/mol. The van der Waals surface area contributed by atoms with Gasteiger partial charge in [0.1, 0.15) is 10.2 Å². The van der Waals surface area contributed by atoms with Crippen LogP contribution < -0.4 is 9.95 Å². The number of hydrogen-bond donors (Lipinski definition) is 2. The number of aliphatic carboxylic acids is 1. The molecule has 2 unspecified atom stereocenters. The number of nitrogens with zero attached hydrogens (tertiary/aromatic N) is 1. The van der Waals surface area contributed by atoms with Crippen LogP contribution in [0.5, 0.6) is 5.75 Å². The normalized spacial score (nSPS) is 12.8. The predicted octanol–water partition coefficient (Wildman–Crippen LogP) is 3.93. The number of benzene rings is 1. The van der Waals surface area contributed by atoms with Gasteiger partial charge in [0.25, 0.3) is 0 Å². The predicted molar refractivity (Wildman–Crippen MR) is 89.7 cm³/mol. The van der Waals surface area contributed by atoms with Crippen LogP contribution in [0.15, 0.2) is 38.3 Å². The van der Waals surface area contributed by atoms with Crippen molar-refractivity contribution >= 4 is 67.2 Å². The third-order valence-electron chi connectivity index (χ3n) is 1.80. The molecule has 102 valence electrons. The molecule has 0 fully saturated rings. The average Bonchev–Trinajstić information content (AvgIpc) is 2.40. The van der Waals surface area contributed by atoms with Gasteiger partial charge in [-0.15, -0.1) is 0 Å². The largest absolute Gasteiger partial charge is 0.477 e. The summed E-state index contributed by atoms with van der Waals surface area (Å²) in [6.45, 7) is 0. The molecule has 0 heterocycles. The van der Waals surface area contributed by atoms with Gasteiger partial charge in [-0.25, -0.2) is 4.79 Å². The van der Waals surface area contributed by atoms with E-state index in [2.05, 4.69) is 51.3 Å². The number of hydrogen-bond acceptors (Lipinski definition) is 4. The Morgan fingerprint density at radius 1 is 1.42 bits per heavy atom. The minimum Gasteiger partial charge on any atom is -0.477 e. The minimum absolute atomic E-state index is 0.00300. The van der Waals surface area contributed by atoms with Crippen molar-refractivity contribution in [1.82, 2.24) is 0 Å². The molecule has 1 rings (SSSR count). The summed E-state index contributed by atoms with van der Waals surface area (Å²) in [5.74, 6) is -0.296. The number of rotatable bonds is 6. The van der Waals surface area contributed by atoms with Crippen LogP contribution in [-0.2, 0) is 4.79 Å². The van der Waals surface area contributed by atoms with Crippen molar-refractivity contribution < 1.29 is 14.4 Å². The lowest BCUT2D eigenvalue weighted by atomic mass is 10.3. The molecule has 0 spiro atoms. The van der Waals surface area contributed by atoms with E-state index in [1.165, 1.54) is 6.21 Å². The number of hydrazone groups is 1. The number of carboxylic acid groups (broad SMARTS) is 1. The summed E-state index contributed by atoms with van der Waals surface area (Å²) in [5, 5.41) is 12.6. The van der Waals surface area contributed by atoms with Crippen LogP contribution in [0.3, 0.4) is 0 Å². The molecular weight excluding hydrogens is 418 g/mol. The minimum atomic E-state index is -1.07. The van der Waals surface area contributed by atoms with Gasteiger partial charge in [-0.3, -0.25) is 5.43 Å². The summed E-state index contributed by atoms with van der Waals surface area (Å²) in [7, 11) is 2.82. The third kappa shape index (κ3) is 6.00. The third-order valence-corrected chi connectivity index (χ3v) is 4.41. The lowest BCUT2D eigenvalue weighted by molar-refractivity contribution is -0.131. The zero-order chi connectivity index (χ0) is 14.3. The van der Waals surface area contributed by atoms with Gasteiger partial charge in [0.05, 0.1) is 24.9 Å². The maximum atomic E-state index is 10.6. The second kappa shape index (κ2) is 8.64. The molecule has 0 aliphatic heterocycles. The fourth-order valence-electron chi connectivity index (χ4n) is 0.988. The molecule has 0 aliphatic carbocycles.